The van der Waals surface area contributed by atoms with Crippen molar-refractivity contribution in [3.8, 4) is 0 Å². The highest BCUT2D eigenvalue weighted by Crippen LogP contribution is 2.12. The molecule has 0 saturated carbocycles. The highest BCUT2D eigenvalue weighted by molar-refractivity contribution is 5.88. The summed E-state index contributed by atoms with van der Waals surface area (Å²) in [6, 6.07) is -0.118. The van der Waals surface area contributed by atoms with Gasteiger partial charge in [-0.3, -0.25) is 0 Å². The Morgan fingerprint density at radius 1 is 1.44 bits per heavy atom. The molecule has 1 aromatic rings. The fourth-order valence-corrected chi connectivity index (χ4v) is 1.02. The Morgan fingerprint density at radius 3 is 2.67 bits per heavy atom. The summed E-state index contributed by atoms with van der Waals surface area (Å²) < 4.78 is 14.6. The van der Waals surface area contributed by atoms with Crippen LogP contribution in [0.2, 0.25) is 0 Å². The van der Waals surface area contributed by atoms with Crippen molar-refractivity contribution >= 4 is 18.1 Å². The Labute approximate surface area is 104 Å². The number of nitrogens with one attached hydrogen (secondary N) is 1. The van der Waals surface area contributed by atoms with Crippen LogP contribution in [0.1, 0.15) is 38.2 Å². The number of ether oxygens (including phenoxy) is 2. The van der Waals surface area contributed by atoms with Crippen LogP contribution in [0.15, 0.2) is 10.7 Å². The Hall–Kier alpha value is -2.05. The summed E-state index contributed by atoms with van der Waals surface area (Å²) in [6.45, 7) is 7.10. The standard InChI is InChI=1S/C11H16N2O5/c1-5-16-8(14)7-6-17-9(12-7)13-10(15)18-11(2,3)4/h6H,5H2,1-4H3,(H,12,13,15). The van der Waals surface area contributed by atoms with Gasteiger partial charge in [-0.05, 0) is 27.7 Å². The van der Waals surface area contributed by atoms with Gasteiger partial charge in [-0.25, -0.2) is 14.9 Å². The van der Waals surface area contributed by atoms with Gasteiger partial charge in [0.05, 0.1) is 6.61 Å². The third-order valence-electron chi connectivity index (χ3n) is 1.60. The fourth-order valence-electron chi connectivity index (χ4n) is 1.02. The SMILES string of the molecule is CCOC(=O)c1coc(NC(=O)OC(C)(C)C)n1. The number of carbonyl (C=O) groups is 2. The number of anilines is 1. The van der Waals surface area contributed by atoms with E-state index in [1.807, 2.05) is 0 Å². The first-order valence-corrected chi connectivity index (χ1v) is 5.44. The van der Waals surface area contributed by atoms with E-state index in [0.717, 1.165) is 6.26 Å². The van der Waals surface area contributed by atoms with Crippen molar-refractivity contribution in [2.75, 3.05) is 11.9 Å². The van der Waals surface area contributed by atoms with E-state index in [2.05, 4.69) is 10.3 Å². The molecule has 0 unspecified atom stereocenters. The summed E-state index contributed by atoms with van der Waals surface area (Å²) in [4.78, 5) is 26.4. The highest BCUT2D eigenvalue weighted by atomic mass is 16.6. The molecule has 18 heavy (non-hydrogen) atoms. The van der Waals surface area contributed by atoms with Gasteiger partial charge in [0.15, 0.2) is 5.69 Å². The maximum atomic E-state index is 11.4. The molecule has 0 aliphatic heterocycles. The van der Waals surface area contributed by atoms with E-state index in [1.165, 1.54) is 0 Å². The third-order valence-corrected chi connectivity index (χ3v) is 1.60. The molecule has 1 heterocycles. The second kappa shape index (κ2) is 5.52. The van der Waals surface area contributed by atoms with Crippen LogP contribution in [0.3, 0.4) is 0 Å². The van der Waals surface area contributed by atoms with Crippen LogP contribution >= 0.6 is 0 Å². The average molecular weight is 256 g/mol. The number of amides is 1. The lowest BCUT2D eigenvalue weighted by Crippen LogP contribution is -2.27. The van der Waals surface area contributed by atoms with Gasteiger partial charge < -0.3 is 13.9 Å². The van der Waals surface area contributed by atoms with E-state index in [0.29, 0.717) is 0 Å². The first kappa shape index (κ1) is 14.0. The summed E-state index contributed by atoms with van der Waals surface area (Å²) in [5, 5.41) is 2.27. The zero-order chi connectivity index (χ0) is 13.8. The minimum Gasteiger partial charge on any atom is -0.461 e. The average Bonchev–Trinajstić information content (AvgIpc) is 2.63. The summed E-state index contributed by atoms with van der Waals surface area (Å²) in [7, 11) is 0. The van der Waals surface area contributed by atoms with Crippen molar-refractivity contribution in [2.24, 2.45) is 0 Å². The number of aromatic nitrogens is 1. The van der Waals surface area contributed by atoms with E-state index in [1.54, 1.807) is 27.7 Å². The van der Waals surface area contributed by atoms with Gasteiger partial charge in [-0.1, -0.05) is 0 Å². The second-order valence-electron chi connectivity index (χ2n) is 4.39. The van der Waals surface area contributed by atoms with E-state index in [4.69, 9.17) is 13.9 Å². The molecule has 1 rings (SSSR count). The van der Waals surface area contributed by atoms with Crippen LogP contribution in [0.25, 0.3) is 0 Å². The summed E-state index contributed by atoms with van der Waals surface area (Å²) >= 11 is 0. The Bertz CT molecular complexity index is 433. The van der Waals surface area contributed by atoms with Crippen LogP contribution in [-0.4, -0.2) is 29.3 Å². The maximum absolute atomic E-state index is 11.4. The number of nitrogens with zero attached hydrogens (tertiary/aromatic N) is 1. The van der Waals surface area contributed by atoms with Gasteiger partial charge in [0.2, 0.25) is 0 Å². The normalized spacial score (nSPS) is 10.9. The van der Waals surface area contributed by atoms with Gasteiger partial charge in [-0.2, -0.15) is 4.98 Å². The highest BCUT2D eigenvalue weighted by Gasteiger charge is 2.19. The molecule has 0 radical (unpaired) electrons. The lowest BCUT2D eigenvalue weighted by molar-refractivity contribution is 0.0518. The van der Waals surface area contributed by atoms with Crippen LogP contribution in [0, 0.1) is 0 Å². The zero-order valence-electron chi connectivity index (χ0n) is 10.8. The molecule has 100 valence electrons. The van der Waals surface area contributed by atoms with Crippen LogP contribution in [-0.2, 0) is 9.47 Å². The molecule has 0 spiro atoms. The van der Waals surface area contributed by atoms with Crippen molar-refractivity contribution in [3.63, 3.8) is 0 Å². The molecule has 7 nitrogen and oxygen atoms in total. The molecule has 0 bridgehead atoms. The van der Waals surface area contributed by atoms with Gasteiger partial charge >= 0.3 is 18.1 Å². The van der Waals surface area contributed by atoms with Crippen molar-refractivity contribution in [1.82, 2.24) is 4.98 Å². The second-order valence-corrected chi connectivity index (χ2v) is 4.39. The summed E-state index contributed by atoms with van der Waals surface area (Å²) in [5.41, 5.74) is -0.636. The van der Waals surface area contributed by atoms with Crippen molar-refractivity contribution in [2.45, 2.75) is 33.3 Å². The first-order chi connectivity index (χ1) is 8.31. The van der Waals surface area contributed by atoms with E-state index in [-0.39, 0.29) is 18.3 Å². The summed E-state index contributed by atoms with van der Waals surface area (Å²) in [5.74, 6) is -0.613. The molecule has 0 saturated heterocycles. The Balaban J connectivity index is 2.59. The number of esters is 1. The van der Waals surface area contributed by atoms with E-state index < -0.39 is 17.7 Å². The molecule has 1 aromatic heterocycles. The smallest absolute Gasteiger partial charge is 0.415 e. The van der Waals surface area contributed by atoms with E-state index in [9.17, 15) is 9.59 Å². The van der Waals surface area contributed by atoms with E-state index >= 15 is 0 Å². The number of hydrogen-bond acceptors (Lipinski definition) is 6. The lowest BCUT2D eigenvalue weighted by atomic mass is 10.2. The van der Waals surface area contributed by atoms with Gasteiger partial charge in [0.1, 0.15) is 11.9 Å². The maximum Gasteiger partial charge on any atom is 0.415 e. The van der Waals surface area contributed by atoms with Gasteiger partial charge in [0, 0.05) is 0 Å². The number of oxazole rings is 1. The molecule has 0 aliphatic carbocycles. The molecule has 7 heteroatoms. The lowest BCUT2D eigenvalue weighted by Gasteiger charge is -2.18. The Morgan fingerprint density at radius 2 is 2.11 bits per heavy atom. The third kappa shape index (κ3) is 4.44. The summed E-state index contributed by atoms with van der Waals surface area (Å²) in [6.07, 6.45) is 0.393. The predicted molar refractivity (Wildman–Crippen MR) is 62.3 cm³/mol. The predicted octanol–water partition coefficient (Wildman–Crippen LogP) is 2.20. The Kier molecular flexibility index (Phi) is 4.30. The van der Waals surface area contributed by atoms with Crippen molar-refractivity contribution < 1.29 is 23.5 Å². The van der Waals surface area contributed by atoms with Crippen LogP contribution in [0.5, 0.6) is 0 Å². The molecule has 0 aliphatic rings. The van der Waals surface area contributed by atoms with Gasteiger partial charge in [-0.15, -0.1) is 0 Å². The molecule has 0 fully saturated rings. The van der Waals surface area contributed by atoms with Crippen LogP contribution in [0.4, 0.5) is 10.8 Å². The van der Waals surface area contributed by atoms with Crippen LogP contribution < -0.4 is 5.32 Å². The fraction of sp³-hybridized carbons (Fsp3) is 0.545. The molecule has 0 aromatic carbocycles. The molecular weight excluding hydrogens is 240 g/mol. The first-order valence-electron chi connectivity index (χ1n) is 5.44. The largest absolute Gasteiger partial charge is 0.461 e. The topological polar surface area (TPSA) is 90.7 Å². The molecule has 0 atom stereocenters. The van der Waals surface area contributed by atoms with Crippen molar-refractivity contribution in [3.05, 3.63) is 12.0 Å². The monoisotopic (exact) mass is 256 g/mol. The zero-order valence-corrected chi connectivity index (χ0v) is 10.8. The minimum absolute atomic E-state index is 0.0112. The molecule has 1 amide bonds. The minimum atomic E-state index is -0.709. The number of hydrogen-bond donors (Lipinski definition) is 1. The quantitative estimate of drug-likeness (QED) is 0.833. The molecule has 1 N–H and O–H groups in total. The number of rotatable bonds is 3. The van der Waals surface area contributed by atoms with Gasteiger partial charge in [0.25, 0.3) is 0 Å². The number of carbonyl (C=O) groups excluding carboxylic acids is 2. The molecular formula is C11H16N2O5. The van der Waals surface area contributed by atoms with Crippen molar-refractivity contribution in [1.29, 1.82) is 0 Å².